The summed E-state index contributed by atoms with van der Waals surface area (Å²) >= 11 is 0. The van der Waals surface area contributed by atoms with Crippen molar-refractivity contribution in [2.24, 2.45) is 12.5 Å². The lowest BCUT2D eigenvalue weighted by Crippen LogP contribution is -2.35. The molecule has 6 heteroatoms. The Balaban J connectivity index is 1.79. The van der Waals surface area contributed by atoms with Crippen molar-refractivity contribution in [2.45, 2.75) is 57.7 Å². The molecule has 1 heterocycles. The van der Waals surface area contributed by atoms with E-state index in [0.29, 0.717) is 5.56 Å². The molecular weight excluding hydrogens is 341 g/mol. The highest BCUT2D eigenvalue weighted by molar-refractivity contribution is 5.45. The molecule has 1 aromatic carbocycles. The van der Waals surface area contributed by atoms with E-state index in [9.17, 15) is 18.0 Å². The zero-order chi connectivity index (χ0) is 19.1. The average molecular weight is 364 g/mol. The fourth-order valence-corrected chi connectivity index (χ4v) is 5.27. The molecule has 1 saturated carbocycles. The van der Waals surface area contributed by atoms with Gasteiger partial charge in [-0.1, -0.05) is 32.9 Å². The van der Waals surface area contributed by atoms with E-state index in [4.69, 9.17) is 0 Å². The van der Waals surface area contributed by atoms with E-state index in [1.54, 1.807) is 10.7 Å². The van der Waals surface area contributed by atoms with Gasteiger partial charge in [0.1, 0.15) is 0 Å². The van der Waals surface area contributed by atoms with Crippen molar-refractivity contribution >= 4 is 0 Å². The molecule has 4 rings (SSSR count). The third kappa shape index (κ3) is 2.04. The van der Waals surface area contributed by atoms with Gasteiger partial charge < -0.3 is 0 Å². The first kappa shape index (κ1) is 17.4. The first-order valence-corrected chi connectivity index (χ1v) is 8.95. The number of benzene rings is 1. The van der Waals surface area contributed by atoms with Crippen LogP contribution in [0.2, 0.25) is 0 Å². The Hall–Kier alpha value is -1.98. The number of nitrogens with zero attached hydrogens (tertiary/aromatic N) is 2. The van der Waals surface area contributed by atoms with Gasteiger partial charge in [-0.05, 0) is 41.9 Å². The van der Waals surface area contributed by atoms with Crippen molar-refractivity contribution in [3.63, 3.8) is 0 Å². The van der Waals surface area contributed by atoms with Crippen molar-refractivity contribution in [1.29, 1.82) is 0 Å². The summed E-state index contributed by atoms with van der Waals surface area (Å²) in [6.45, 7) is 6.81. The van der Waals surface area contributed by atoms with E-state index in [1.165, 1.54) is 6.07 Å². The third-order valence-electron chi connectivity index (χ3n) is 7.09. The summed E-state index contributed by atoms with van der Waals surface area (Å²) in [5, 5.41) is 0. The van der Waals surface area contributed by atoms with Gasteiger partial charge in [0.25, 0.3) is 5.56 Å². The maximum Gasteiger partial charge on any atom is 0.416 e. The number of halogens is 3. The van der Waals surface area contributed by atoms with Gasteiger partial charge in [-0.2, -0.15) is 13.2 Å². The summed E-state index contributed by atoms with van der Waals surface area (Å²) in [5.74, 6) is 0.226. The lowest BCUT2D eigenvalue weighted by molar-refractivity contribution is -0.137. The van der Waals surface area contributed by atoms with Crippen LogP contribution in [0, 0.1) is 5.41 Å². The Morgan fingerprint density at radius 2 is 1.92 bits per heavy atom. The summed E-state index contributed by atoms with van der Waals surface area (Å²) in [6.07, 6.45) is -2.34. The van der Waals surface area contributed by atoms with Gasteiger partial charge in [-0.15, -0.1) is 0 Å². The van der Waals surface area contributed by atoms with E-state index in [0.717, 1.165) is 36.2 Å². The molecular formula is C20H23F3N2O. The number of rotatable bonds is 2. The summed E-state index contributed by atoms with van der Waals surface area (Å²) in [5.41, 5.74) is 1.65. The van der Waals surface area contributed by atoms with Crippen LogP contribution in [0.3, 0.4) is 0 Å². The summed E-state index contributed by atoms with van der Waals surface area (Å²) < 4.78 is 42.4. The minimum atomic E-state index is -4.38. The Labute approximate surface area is 150 Å². The molecule has 0 amide bonds. The molecule has 2 aliphatic carbocycles. The van der Waals surface area contributed by atoms with Crippen LogP contribution in [0.5, 0.6) is 0 Å². The van der Waals surface area contributed by atoms with Crippen LogP contribution < -0.4 is 5.56 Å². The van der Waals surface area contributed by atoms with Gasteiger partial charge in [-0.3, -0.25) is 9.48 Å². The largest absolute Gasteiger partial charge is 0.416 e. The third-order valence-corrected chi connectivity index (χ3v) is 7.09. The molecule has 3 nitrogen and oxygen atoms in total. The van der Waals surface area contributed by atoms with Crippen molar-refractivity contribution in [3.05, 3.63) is 57.0 Å². The lowest BCUT2D eigenvalue weighted by Gasteiger charge is -2.36. The van der Waals surface area contributed by atoms with Gasteiger partial charge in [0.05, 0.1) is 17.8 Å². The molecule has 2 atom stereocenters. The lowest BCUT2D eigenvalue weighted by atomic mass is 9.70. The highest BCUT2D eigenvalue weighted by atomic mass is 19.4. The summed E-state index contributed by atoms with van der Waals surface area (Å²) in [6, 6.07) is 5.22. The van der Waals surface area contributed by atoms with Crippen LogP contribution in [-0.2, 0) is 25.2 Å². The van der Waals surface area contributed by atoms with Gasteiger partial charge in [0.2, 0.25) is 0 Å². The van der Waals surface area contributed by atoms with E-state index >= 15 is 0 Å². The van der Waals surface area contributed by atoms with Crippen LogP contribution in [0.15, 0.2) is 29.1 Å². The molecule has 2 aliphatic rings. The first-order chi connectivity index (χ1) is 12.0. The van der Waals surface area contributed by atoms with Crippen molar-refractivity contribution in [3.8, 4) is 0 Å². The quantitative estimate of drug-likeness (QED) is 0.774. The predicted octanol–water partition coefficient (Wildman–Crippen LogP) is 4.43. The Morgan fingerprint density at radius 1 is 1.23 bits per heavy atom. The van der Waals surface area contributed by atoms with Crippen molar-refractivity contribution in [2.75, 3.05) is 0 Å². The second-order valence-corrected chi connectivity index (χ2v) is 8.49. The first-order valence-electron chi connectivity index (χ1n) is 8.95. The molecule has 1 aromatic heterocycles. The molecule has 0 spiro atoms. The zero-order valence-corrected chi connectivity index (χ0v) is 15.4. The van der Waals surface area contributed by atoms with Gasteiger partial charge >= 0.3 is 6.18 Å². The summed E-state index contributed by atoms with van der Waals surface area (Å²) in [7, 11) is 1.86. The van der Waals surface area contributed by atoms with E-state index in [1.807, 2.05) is 11.7 Å². The van der Waals surface area contributed by atoms with E-state index < -0.39 is 11.7 Å². The average Bonchev–Trinajstić information content (AvgIpc) is 3.00. The fraction of sp³-hybridized carbons (Fsp3) is 0.550. The van der Waals surface area contributed by atoms with E-state index in [-0.39, 0.29) is 28.9 Å². The number of fused-ring (bicyclic) bond motifs is 5. The number of aromatic nitrogens is 2. The van der Waals surface area contributed by atoms with Gasteiger partial charge in [-0.25, -0.2) is 4.68 Å². The molecule has 0 saturated heterocycles. The topological polar surface area (TPSA) is 26.9 Å². The Kier molecular flexibility index (Phi) is 3.39. The second-order valence-electron chi connectivity index (χ2n) is 8.49. The standard InChI is InChI=1S/C20H23F3N2O/c1-18(2)14-8-9-19(18,3)16-15(14)17(26)25(24(16)4)11-12-6-5-7-13(10-12)20(21,22)23/h5-7,10,14H,8-9,11H2,1-4H3/t14-,19+/m1/s1. The number of hydrogen-bond donors (Lipinski definition) is 0. The van der Waals surface area contributed by atoms with Gasteiger partial charge in [0, 0.05) is 18.0 Å². The second kappa shape index (κ2) is 5.05. The van der Waals surface area contributed by atoms with Crippen molar-refractivity contribution < 1.29 is 13.2 Å². The maximum atomic E-state index is 13.1. The zero-order valence-electron chi connectivity index (χ0n) is 15.4. The van der Waals surface area contributed by atoms with Gasteiger partial charge in [0.15, 0.2) is 0 Å². The van der Waals surface area contributed by atoms with Crippen LogP contribution in [0.1, 0.15) is 61.9 Å². The highest BCUT2D eigenvalue weighted by Crippen LogP contribution is 2.66. The van der Waals surface area contributed by atoms with Crippen LogP contribution >= 0.6 is 0 Å². The molecule has 2 aromatic rings. The molecule has 0 N–H and O–H groups in total. The fourth-order valence-electron chi connectivity index (χ4n) is 5.27. The minimum absolute atomic E-state index is 0.0316. The highest BCUT2D eigenvalue weighted by Gasteiger charge is 2.62. The molecule has 140 valence electrons. The van der Waals surface area contributed by atoms with E-state index in [2.05, 4.69) is 20.8 Å². The van der Waals surface area contributed by atoms with Crippen LogP contribution in [0.4, 0.5) is 13.2 Å². The number of hydrogen-bond acceptors (Lipinski definition) is 1. The molecule has 0 unspecified atom stereocenters. The smallest absolute Gasteiger partial charge is 0.289 e. The predicted molar refractivity (Wildman–Crippen MR) is 93.3 cm³/mol. The molecule has 0 aliphatic heterocycles. The number of alkyl halides is 3. The van der Waals surface area contributed by atoms with Crippen LogP contribution in [-0.4, -0.2) is 9.36 Å². The normalized spacial score (nSPS) is 26.3. The molecule has 2 bridgehead atoms. The maximum absolute atomic E-state index is 13.1. The molecule has 1 fully saturated rings. The van der Waals surface area contributed by atoms with Crippen molar-refractivity contribution in [1.82, 2.24) is 9.36 Å². The van der Waals surface area contributed by atoms with Crippen LogP contribution in [0.25, 0.3) is 0 Å². The minimum Gasteiger partial charge on any atom is -0.289 e. The summed E-state index contributed by atoms with van der Waals surface area (Å²) in [4.78, 5) is 13.1. The monoisotopic (exact) mass is 364 g/mol. The molecule has 26 heavy (non-hydrogen) atoms. The Morgan fingerprint density at radius 3 is 2.54 bits per heavy atom. The SMILES string of the molecule is Cn1c2c(c(=O)n1Cc1cccc(C(F)(F)F)c1)[C@H]1CC[C@]2(C)C1(C)C. The Bertz CT molecular complexity index is 951. The molecule has 0 radical (unpaired) electrons.